The van der Waals surface area contributed by atoms with Crippen molar-refractivity contribution in [2.75, 3.05) is 5.88 Å². The molecular formula is C30H34ClFN2O4. The average Bonchev–Trinajstić information content (AvgIpc) is 3.39. The van der Waals surface area contributed by atoms with Crippen LogP contribution in [0.1, 0.15) is 64.1 Å². The molecule has 4 aliphatic rings. The van der Waals surface area contributed by atoms with Gasteiger partial charge in [-0.3, -0.25) is 9.59 Å². The highest BCUT2D eigenvalue weighted by Crippen LogP contribution is 2.68. The second-order valence-electron chi connectivity index (χ2n) is 12.2. The molecule has 0 radical (unpaired) electrons. The summed E-state index contributed by atoms with van der Waals surface area (Å²) >= 11 is 6.05. The van der Waals surface area contributed by atoms with E-state index in [4.69, 9.17) is 16.3 Å². The number of aliphatic hydroxyl groups is 1. The fourth-order valence-electron chi connectivity index (χ4n) is 9.00. The third-order valence-corrected chi connectivity index (χ3v) is 10.7. The lowest BCUT2D eigenvalue weighted by Gasteiger charge is -2.60. The highest BCUT2D eigenvalue weighted by molar-refractivity contribution is 6.29. The number of rotatable bonds is 4. The maximum absolute atomic E-state index is 13.5. The van der Waals surface area contributed by atoms with Crippen LogP contribution in [0.4, 0.5) is 4.39 Å². The molecule has 0 aliphatic heterocycles. The van der Waals surface area contributed by atoms with Gasteiger partial charge in [-0.15, -0.1) is 11.6 Å². The minimum atomic E-state index is -1.29. The SMILES string of the molecule is CC(=O)O[C@]1(C(=O)CCl)CC[C@H]2[C@@H]3CCC4=Cc5c(cnn5-c5ccc(F)cc5)C[C@]4(C)[C@H]3[C@@H](O)C[C@@]21C. The number of aliphatic hydroxyl groups excluding tert-OH is 1. The first-order valence-corrected chi connectivity index (χ1v) is 14.1. The zero-order chi connectivity index (χ0) is 27.0. The quantitative estimate of drug-likeness (QED) is 0.422. The average molecular weight is 541 g/mol. The van der Waals surface area contributed by atoms with E-state index in [2.05, 4.69) is 18.1 Å². The summed E-state index contributed by atoms with van der Waals surface area (Å²) in [5, 5.41) is 16.5. The minimum Gasteiger partial charge on any atom is -0.451 e. The van der Waals surface area contributed by atoms with Gasteiger partial charge in [0.1, 0.15) is 5.82 Å². The standard InChI is InChI=1S/C30H34ClFN2O4/c1-17(35)38-30(26(37)15-31)11-10-23-22-9-4-19-12-24-18(16-33-34(24)21-7-5-20(32)6-8-21)13-28(19,2)27(22)25(36)14-29(23,30)3/h5-8,12,16,22-23,25,27,36H,4,9-11,13-15H2,1-3H3/t22-,23-,25-,27+,28-,29-,30-/m0/s1. The van der Waals surface area contributed by atoms with Gasteiger partial charge in [-0.05, 0) is 97.6 Å². The van der Waals surface area contributed by atoms with Gasteiger partial charge >= 0.3 is 5.97 Å². The minimum absolute atomic E-state index is 0.0159. The fourth-order valence-corrected chi connectivity index (χ4v) is 9.21. The van der Waals surface area contributed by atoms with E-state index in [1.807, 2.05) is 17.8 Å². The molecule has 3 fully saturated rings. The number of esters is 1. The number of allylic oxidation sites excluding steroid dienone is 1. The number of benzene rings is 1. The normalized spacial score (nSPS) is 37.4. The topological polar surface area (TPSA) is 81.4 Å². The third kappa shape index (κ3) is 3.43. The summed E-state index contributed by atoms with van der Waals surface area (Å²) in [6, 6.07) is 6.34. The van der Waals surface area contributed by atoms with Gasteiger partial charge in [0, 0.05) is 12.3 Å². The number of halogens is 2. The second kappa shape index (κ2) is 8.75. The number of carbonyl (C=O) groups excluding carboxylic acids is 2. The Balaban J connectivity index is 1.37. The van der Waals surface area contributed by atoms with Gasteiger partial charge in [0.15, 0.2) is 11.4 Å². The number of hydrogen-bond donors (Lipinski definition) is 1. The van der Waals surface area contributed by atoms with Crippen molar-refractivity contribution in [1.29, 1.82) is 0 Å². The maximum Gasteiger partial charge on any atom is 0.303 e. The molecular weight excluding hydrogens is 507 g/mol. The van der Waals surface area contributed by atoms with Crippen LogP contribution in [0.2, 0.25) is 0 Å². The van der Waals surface area contributed by atoms with E-state index in [1.54, 1.807) is 12.1 Å². The van der Waals surface area contributed by atoms with Crippen LogP contribution in [-0.2, 0) is 20.7 Å². The van der Waals surface area contributed by atoms with Crippen LogP contribution >= 0.6 is 11.6 Å². The molecule has 0 amide bonds. The number of hydrogen-bond acceptors (Lipinski definition) is 5. The van der Waals surface area contributed by atoms with Crippen molar-refractivity contribution < 1.29 is 23.8 Å². The molecule has 6 nitrogen and oxygen atoms in total. The molecule has 1 heterocycles. The summed E-state index contributed by atoms with van der Waals surface area (Å²) in [4.78, 5) is 25.4. The van der Waals surface area contributed by atoms with Gasteiger partial charge in [-0.25, -0.2) is 9.07 Å². The predicted octanol–water partition coefficient (Wildman–Crippen LogP) is 5.27. The highest BCUT2D eigenvalue weighted by Gasteiger charge is 2.70. The Morgan fingerprint density at radius 3 is 2.66 bits per heavy atom. The molecule has 2 aromatic rings. The smallest absolute Gasteiger partial charge is 0.303 e. The molecule has 38 heavy (non-hydrogen) atoms. The first-order valence-electron chi connectivity index (χ1n) is 13.5. The van der Waals surface area contributed by atoms with E-state index in [9.17, 15) is 19.1 Å². The lowest BCUT2D eigenvalue weighted by atomic mass is 9.45. The molecule has 8 heteroatoms. The molecule has 4 aliphatic carbocycles. The molecule has 6 rings (SSSR count). The Morgan fingerprint density at radius 1 is 1.24 bits per heavy atom. The Morgan fingerprint density at radius 2 is 1.97 bits per heavy atom. The van der Waals surface area contributed by atoms with Crippen LogP contribution in [-0.4, -0.2) is 44.2 Å². The van der Waals surface area contributed by atoms with Crippen molar-refractivity contribution >= 4 is 29.4 Å². The first kappa shape index (κ1) is 25.8. The molecule has 0 unspecified atom stereocenters. The Bertz CT molecular complexity index is 1340. The molecule has 7 atom stereocenters. The van der Waals surface area contributed by atoms with Crippen molar-refractivity contribution in [2.24, 2.45) is 28.6 Å². The molecule has 1 aromatic carbocycles. The van der Waals surface area contributed by atoms with Crippen LogP contribution in [0.25, 0.3) is 11.8 Å². The zero-order valence-electron chi connectivity index (χ0n) is 22.0. The number of ketones is 1. The number of fused-ring (bicyclic) bond motifs is 6. The monoisotopic (exact) mass is 540 g/mol. The van der Waals surface area contributed by atoms with Gasteiger partial charge in [0.25, 0.3) is 0 Å². The molecule has 3 saturated carbocycles. The number of Topliss-reactive ketones (excluding diaryl/α,β-unsaturated/α-hetero) is 1. The summed E-state index contributed by atoms with van der Waals surface area (Å²) in [6.45, 7) is 5.63. The molecule has 0 saturated heterocycles. The summed E-state index contributed by atoms with van der Waals surface area (Å²) in [5.74, 6) is -0.893. The van der Waals surface area contributed by atoms with Gasteiger partial charge in [0.2, 0.25) is 0 Å². The first-order chi connectivity index (χ1) is 18.0. The van der Waals surface area contributed by atoms with Crippen LogP contribution < -0.4 is 0 Å². The van der Waals surface area contributed by atoms with Crippen molar-refractivity contribution in [3.63, 3.8) is 0 Å². The van der Waals surface area contributed by atoms with Crippen molar-refractivity contribution in [3.8, 4) is 5.69 Å². The number of carbonyl (C=O) groups is 2. The van der Waals surface area contributed by atoms with E-state index < -0.39 is 23.1 Å². The van der Waals surface area contributed by atoms with Crippen LogP contribution in [0.3, 0.4) is 0 Å². The molecule has 0 spiro atoms. The summed E-state index contributed by atoms with van der Waals surface area (Å²) in [7, 11) is 0. The summed E-state index contributed by atoms with van der Waals surface area (Å²) in [5.41, 5.74) is 2.03. The number of aromatic nitrogens is 2. The zero-order valence-corrected chi connectivity index (χ0v) is 22.8. The van der Waals surface area contributed by atoms with Crippen LogP contribution in [0.15, 0.2) is 36.0 Å². The van der Waals surface area contributed by atoms with Crippen LogP contribution in [0, 0.1) is 34.4 Å². The third-order valence-electron chi connectivity index (χ3n) is 10.5. The van der Waals surface area contributed by atoms with Crippen molar-refractivity contribution in [3.05, 3.63) is 53.1 Å². The maximum atomic E-state index is 13.5. The Hall–Kier alpha value is -2.51. The lowest BCUT2D eigenvalue weighted by molar-refractivity contribution is -0.198. The van der Waals surface area contributed by atoms with Gasteiger partial charge < -0.3 is 9.84 Å². The van der Waals surface area contributed by atoms with E-state index in [-0.39, 0.29) is 40.6 Å². The van der Waals surface area contributed by atoms with Crippen LogP contribution in [0.5, 0.6) is 0 Å². The van der Waals surface area contributed by atoms with Gasteiger partial charge in [0.05, 0.1) is 29.6 Å². The van der Waals surface area contributed by atoms with E-state index in [1.165, 1.54) is 24.6 Å². The summed E-state index contributed by atoms with van der Waals surface area (Å²) < 4.78 is 21.2. The van der Waals surface area contributed by atoms with Crippen molar-refractivity contribution in [1.82, 2.24) is 9.78 Å². The van der Waals surface area contributed by atoms with Gasteiger partial charge in [-0.1, -0.05) is 19.4 Å². The van der Waals surface area contributed by atoms with E-state index >= 15 is 0 Å². The van der Waals surface area contributed by atoms with Crippen molar-refractivity contribution in [2.45, 2.75) is 71.0 Å². The molecule has 1 aromatic heterocycles. The number of alkyl halides is 1. The highest BCUT2D eigenvalue weighted by atomic mass is 35.5. The predicted molar refractivity (Wildman–Crippen MR) is 141 cm³/mol. The molecule has 0 bridgehead atoms. The number of nitrogens with zero attached hydrogens (tertiary/aromatic N) is 2. The van der Waals surface area contributed by atoms with E-state index in [0.29, 0.717) is 12.8 Å². The fraction of sp³-hybridized carbons (Fsp3) is 0.567. The second-order valence-corrected chi connectivity index (χ2v) is 12.5. The summed E-state index contributed by atoms with van der Waals surface area (Å²) in [6.07, 6.45) is 7.60. The largest absolute Gasteiger partial charge is 0.451 e. The lowest BCUT2D eigenvalue weighted by Crippen LogP contribution is -2.63. The molecule has 1 N–H and O–H groups in total. The number of ether oxygens (including phenoxy) is 1. The molecule has 202 valence electrons. The van der Waals surface area contributed by atoms with Gasteiger partial charge in [-0.2, -0.15) is 5.10 Å². The Labute approximate surface area is 227 Å². The Kier molecular flexibility index (Phi) is 5.93. The van der Waals surface area contributed by atoms with E-state index in [0.717, 1.165) is 42.6 Å².